The number of rotatable bonds is 2. The smallest absolute Gasteiger partial charge is 0.254 e. The van der Waals surface area contributed by atoms with Crippen molar-refractivity contribution < 1.29 is 4.79 Å². The normalized spacial score (nSPS) is 15.0. The van der Waals surface area contributed by atoms with Gasteiger partial charge in [-0.2, -0.15) is 0 Å². The van der Waals surface area contributed by atoms with Crippen molar-refractivity contribution >= 4 is 23.2 Å². The number of carbonyl (C=O) groups is 1. The highest BCUT2D eigenvalue weighted by Gasteiger charge is 2.22. The van der Waals surface area contributed by atoms with Crippen LogP contribution in [0.3, 0.4) is 0 Å². The van der Waals surface area contributed by atoms with Gasteiger partial charge in [0.2, 0.25) is 0 Å². The van der Waals surface area contributed by atoms with Gasteiger partial charge >= 0.3 is 0 Å². The molecule has 1 aromatic carbocycles. The average molecular weight is 316 g/mol. The molecule has 4 nitrogen and oxygen atoms in total. The van der Waals surface area contributed by atoms with Crippen molar-refractivity contribution in [3.63, 3.8) is 0 Å². The van der Waals surface area contributed by atoms with Crippen LogP contribution < -0.4 is 4.90 Å². The van der Waals surface area contributed by atoms with E-state index in [0.29, 0.717) is 23.8 Å². The summed E-state index contributed by atoms with van der Waals surface area (Å²) in [5.41, 5.74) is 3.07. The van der Waals surface area contributed by atoms with Crippen molar-refractivity contribution in [2.45, 2.75) is 6.92 Å². The van der Waals surface area contributed by atoms with Crippen LogP contribution in [0.1, 0.15) is 15.9 Å². The minimum Gasteiger partial charge on any atom is -0.368 e. The fourth-order valence-electron chi connectivity index (χ4n) is 2.71. The zero-order valence-electron chi connectivity index (χ0n) is 12.5. The van der Waals surface area contributed by atoms with E-state index in [9.17, 15) is 4.79 Å². The number of anilines is 1. The summed E-state index contributed by atoms with van der Waals surface area (Å²) in [5, 5.41) is 0.351. The summed E-state index contributed by atoms with van der Waals surface area (Å²) in [6.45, 7) is 5.21. The monoisotopic (exact) mass is 315 g/mol. The quantitative estimate of drug-likeness (QED) is 0.799. The molecular formula is C17H18ClN3O. The van der Waals surface area contributed by atoms with Crippen molar-refractivity contribution in [3.05, 3.63) is 58.9 Å². The SMILES string of the molecule is Cc1cccc(N2CCN(C(=O)c3ccnc(Cl)c3)CC2)c1. The van der Waals surface area contributed by atoms with Gasteiger partial charge in [-0.15, -0.1) is 0 Å². The van der Waals surface area contributed by atoms with E-state index < -0.39 is 0 Å². The van der Waals surface area contributed by atoms with Crippen LogP contribution >= 0.6 is 11.6 Å². The molecule has 0 bridgehead atoms. The molecule has 2 heterocycles. The minimum atomic E-state index is 0.0215. The van der Waals surface area contributed by atoms with E-state index in [4.69, 9.17) is 11.6 Å². The van der Waals surface area contributed by atoms with Gasteiger partial charge in [-0.05, 0) is 36.8 Å². The lowest BCUT2D eigenvalue weighted by Gasteiger charge is -2.36. The summed E-state index contributed by atoms with van der Waals surface area (Å²) in [6.07, 6.45) is 1.57. The first-order valence-electron chi connectivity index (χ1n) is 7.36. The first kappa shape index (κ1) is 14.9. The molecule has 114 valence electrons. The van der Waals surface area contributed by atoms with Crippen LogP contribution in [0.4, 0.5) is 5.69 Å². The number of pyridine rings is 1. The topological polar surface area (TPSA) is 36.4 Å². The van der Waals surface area contributed by atoms with Gasteiger partial charge in [0.05, 0.1) is 0 Å². The number of hydrogen-bond acceptors (Lipinski definition) is 3. The Kier molecular flexibility index (Phi) is 4.29. The summed E-state index contributed by atoms with van der Waals surface area (Å²) in [5.74, 6) is 0.0215. The lowest BCUT2D eigenvalue weighted by atomic mass is 10.1. The number of amides is 1. The van der Waals surface area contributed by atoms with Gasteiger partial charge in [0.1, 0.15) is 5.15 Å². The lowest BCUT2D eigenvalue weighted by molar-refractivity contribution is 0.0746. The lowest BCUT2D eigenvalue weighted by Crippen LogP contribution is -2.48. The number of aryl methyl sites for hydroxylation is 1. The Morgan fingerprint density at radius 1 is 1.14 bits per heavy atom. The summed E-state index contributed by atoms with van der Waals surface area (Å²) in [7, 11) is 0. The fraction of sp³-hybridized carbons (Fsp3) is 0.294. The Balaban J connectivity index is 1.65. The predicted octanol–water partition coefficient (Wildman–Crippen LogP) is 3.01. The van der Waals surface area contributed by atoms with E-state index in [1.165, 1.54) is 11.3 Å². The summed E-state index contributed by atoms with van der Waals surface area (Å²) in [4.78, 5) is 20.6. The van der Waals surface area contributed by atoms with E-state index in [0.717, 1.165) is 13.1 Å². The van der Waals surface area contributed by atoms with Crippen molar-refractivity contribution in [3.8, 4) is 0 Å². The summed E-state index contributed by atoms with van der Waals surface area (Å²) < 4.78 is 0. The molecule has 0 unspecified atom stereocenters. The second-order valence-electron chi connectivity index (χ2n) is 5.49. The molecular weight excluding hydrogens is 298 g/mol. The Bertz CT molecular complexity index is 681. The number of hydrogen-bond donors (Lipinski definition) is 0. The predicted molar refractivity (Wildman–Crippen MR) is 88.5 cm³/mol. The van der Waals surface area contributed by atoms with Crippen LogP contribution in [0.15, 0.2) is 42.6 Å². The summed E-state index contributed by atoms with van der Waals surface area (Å²) in [6, 6.07) is 11.8. The molecule has 1 aliphatic rings. The number of nitrogens with zero attached hydrogens (tertiary/aromatic N) is 3. The van der Waals surface area contributed by atoms with Crippen molar-refractivity contribution in [2.24, 2.45) is 0 Å². The maximum Gasteiger partial charge on any atom is 0.254 e. The molecule has 0 spiro atoms. The molecule has 22 heavy (non-hydrogen) atoms. The summed E-state index contributed by atoms with van der Waals surface area (Å²) >= 11 is 5.86. The van der Waals surface area contributed by atoms with Crippen LogP contribution in [0.25, 0.3) is 0 Å². The Labute approximate surface area is 135 Å². The molecule has 0 atom stereocenters. The Morgan fingerprint density at radius 3 is 2.59 bits per heavy atom. The van der Waals surface area contributed by atoms with Gasteiger partial charge in [-0.25, -0.2) is 4.98 Å². The van der Waals surface area contributed by atoms with E-state index in [-0.39, 0.29) is 5.91 Å². The molecule has 0 radical (unpaired) electrons. The van der Waals surface area contributed by atoms with Gasteiger partial charge in [0.25, 0.3) is 5.91 Å². The van der Waals surface area contributed by atoms with Gasteiger partial charge in [0, 0.05) is 43.6 Å². The van der Waals surface area contributed by atoms with Crippen LogP contribution in [-0.4, -0.2) is 42.0 Å². The zero-order valence-corrected chi connectivity index (χ0v) is 13.3. The van der Waals surface area contributed by atoms with E-state index >= 15 is 0 Å². The first-order chi connectivity index (χ1) is 10.6. The third-order valence-corrected chi connectivity index (χ3v) is 4.11. The number of halogens is 1. The van der Waals surface area contributed by atoms with Gasteiger partial charge < -0.3 is 9.80 Å². The van der Waals surface area contributed by atoms with Crippen molar-refractivity contribution in [2.75, 3.05) is 31.1 Å². The van der Waals surface area contributed by atoms with E-state index in [1.54, 1.807) is 18.3 Å². The molecule has 1 saturated heterocycles. The Morgan fingerprint density at radius 2 is 1.91 bits per heavy atom. The molecule has 1 amide bonds. The minimum absolute atomic E-state index is 0.0215. The highest BCUT2D eigenvalue weighted by Crippen LogP contribution is 2.19. The molecule has 0 saturated carbocycles. The molecule has 1 fully saturated rings. The van der Waals surface area contributed by atoms with E-state index in [2.05, 4.69) is 41.1 Å². The number of benzene rings is 1. The van der Waals surface area contributed by atoms with Crippen LogP contribution in [0.5, 0.6) is 0 Å². The highest BCUT2D eigenvalue weighted by molar-refractivity contribution is 6.29. The number of aromatic nitrogens is 1. The van der Waals surface area contributed by atoms with E-state index in [1.807, 2.05) is 4.90 Å². The maximum atomic E-state index is 12.5. The largest absolute Gasteiger partial charge is 0.368 e. The van der Waals surface area contributed by atoms with Crippen LogP contribution in [-0.2, 0) is 0 Å². The number of piperazine rings is 1. The third kappa shape index (κ3) is 3.22. The maximum absolute atomic E-state index is 12.5. The molecule has 1 aliphatic heterocycles. The van der Waals surface area contributed by atoms with Crippen molar-refractivity contribution in [1.82, 2.24) is 9.88 Å². The van der Waals surface area contributed by atoms with Gasteiger partial charge in [0.15, 0.2) is 0 Å². The number of carbonyl (C=O) groups excluding carboxylic acids is 1. The van der Waals surface area contributed by atoms with Crippen LogP contribution in [0.2, 0.25) is 5.15 Å². The highest BCUT2D eigenvalue weighted by atomic mass is 35.5. The molecule has 2 aromatic rings. The second kappa shape index (κ2) is 6.36. The molecule has 5 heteroatoms. The fourth-order valence-corrected chi connectivity index (χ4v) is 2.88. The van der Waals surface area contributed by atoms with Crippen LogP contribution in [0, 0.1) is 6.92 Å². The Hall–Kier alpha value is -2.07. The molecule has 0 aliphatic carbocycles. The average Bonchev–Trinajstić information content (AvgIpc) is 2.54. The van der Waals surface area contributed by atoms with Gasteiger partial charge in [-0.1, -0.05) is 23.7 Å². The third-order valence-electron chi connectivity index (χ3n) is 3.91. The first-order valence-corrected chi connectivity index (χ1v) is 7.74. The van der Waals surface area contributed by atoms with Gasteiger partial charge in [-0.3, -0.25) is 4.79 Å². The zero-order chi connectivity index (χ0) is 15.5. The molecule has 3 rings (SSSR count). The molecule has 0 N–H and O–H groups in total. The molecule has 1 aromatic heterocycles. The van der Waals surface area contributed by atoms with Crippen molar-refractivity contribution in [1.29, 1.82) is 0 Å². The second-order valence-corrected chi connectivity index (χ2v) is 5.87. The standard InChI is InChI=1S/C17H18ClN3O/c1-13-3-2-4-15(11-13)20-7-9-21(10-8-20)17(22)14-5-6-19-16(18)12-14/h2-6,11-12H,7-10H2,1H3.